The van der Waals surface area contributed by atoms with Crippen LogP contribution in [0.5, 0.6) is 0 Å². The number of rotatable bonds is 3. The van der Waals surface area contributed by atoms with E-state index in [1.807, 2.05) is 16.7 Å². The lowest BCUT2D eigenvalue weighted by atomic mass is 10.1. The Morgan fingerprint density at radius 1 is 1.16 bits per heavy atom. The van der Waals surface area contributed by atoms with Crippen molar-refractivity contribution in [3.8, 4) is 11.3 Å². The van der Waals surface area contributed by atoms with Crippen LogP contribution >= 0.6 is 11.6 Å². The van der Waals surface area contributed by atoms with E-state index in [0.717, 1.165) is 24.1 Å². The number of benzene rings is 1. The van der Waals surface area contributed by atoms with Crippen LogP contribution in [-0.4, -0.2) is 4.57 Å². The third kappa shape index (κ3) is 2.33. The number of aromatic nitrogens is 1. The maximum Gasteiger partial charge on any atom is 0.255 e. The molecule has 1 heterocycles. The number of alkyl halides is 1. The van der Waals surface area contributed by atoms with Crippen molar-refractivity contribution in [2.75, 3.05) is 0 Å². The van der Waals surface area contributed by atoms with Crippen molar-refractivity contribution in [1.82, 2.24) is 4.57 Å². The van der Waals surface area contributed by atoms with Crippen molar-refractivity contribution >= 4 is 11.6 Å². The van der Waals surface area contributed by atoms with Crippen LogP contribution in [-0.2, 0) is 5.88 Å². The maximum atomic E-state index is 12.4. The molecule has 3 heteroatoms. The number of hydrogen-bond donors (Lipinski definition) is 0. The summed E-state index contributed by atoms with van der Waals surface area (Å²) in [4.78, 5) is 12.4. The molecule has 0 N–H and O–H groups in total. The summed E-state index contributed by atoms with van der Waals surface area (Å²) in [5.41, 5.74) is 4.07. The predicted molar refractivity (Wildman–Crippen MR) is 78.7 cm³/mol. The number of halogens is 1. The lowest BCUT2D eigenvalue weighted by Crippen LogP contribution is -2.23. The Bertz CT molecular complexity index is 653. The van der Waals surface area contributed by atoms with Crippen LogP contribution < -0.4 is 5.56 Å². The second-order valence-corrected chi connectivity index (χ2v) is 5.42. The van der Waals surface area contributed by atoms with Gasteiger partial charge in [-0.25, -0.2) is 0 Å². The fourth-order valence-electron chi connectivity index (χ4n) is 2.35. The molecule has 0 atom stereocenters. The fourth-order valence-corrected chi connectivity index (χ4v) is 2.56. The first kappa shape index (κ1) is 12.5. The topological polar surface area (TPSA) is 22.0 Å². The van der Waals surface area contributed by atoms with Crippen LogP contribution in [0.25, 0.3) is 11.3 Å². The number of nitrogens with zero attached hydrogens (tertiary/aromatic N) is 1. The van der Waals surface area contributed by atoms with Crippen molar-refractivity contribution < 1.29 is 0 Å². The molecule has 0 spiro atoms. The van der Waals surface area contributed by atoms with Crippen LogP contribution in [0, 0.1) is 6.92 Å². The van der Waals surface area contributed by atoms with Crippen molar-refractivity contribution in [2.45, 2.75) is 31.7 Å². The molecule has 19 heavy (non-hydrogen) atoms. The first-order valence-corrected chi connectivity index (χ1v) is 7.11. The second-order valence-electron chi connectivity index (χ2n) is 5.15. The summed E-state index contributed by atoms with van der Waals surface area (Å²) in [6.07, 6.45) is 2.18. The van der Waals surface area contributed by atoms with Crippen molar-refractivity contribution in [2.24, 2.45) is 0 Å². The summed E-state index contributed by atoms with van der Waals surface area (Å²) in [5.74, 6) is 0.278. The molecule has 98 valence electrons. The van der Waals surface area contributed by atoms with Gasteiger partial charge in [0.05, 0.1) is 11.6 Å². The maximum absolute atomic E-state index is 12.4. The zero-order chi connectivity index (χ0) is 13.4. The zero-order valence-electron chi connectivity index (χ0n) is 10.9. The average molecular weight is 274 g/mol. The number of pyridine rings is 1. The van der Waals surface area contributed by atoms with Crippen LogP contribution in [0.1, 0.15) is 30.0 Å². The van der Waals surface area contributed by atoms with Gasteiger partial charge in [-0.05, 0) is 31.4 Å². The predicted octanol–water partition coefficient (Wildman–Crippen LogP) is 3.90. The monoisotopic (exact) mass is 273 g/mol. The number of hydrogen-bond acceptors (Lipinski definition) is 1. The molecule has 1 aromatic carbocycles. The SMILES string of the molecule is Cc1ccc(-c2ccc(CCl)c(=O)n2C2CC2)cc1. The van der Waals surface area contributed by atoms with E-state index in [1.165, 1.54) is 5.56 Å². The third-order valence-electron chi connectivity index (χ3n) is 3.60. The van der Waals surface area contributed by atoms with E-state index in [4.69, 9.17) is 11.6 Å². The minimum absolute atomic E-state index is 0.0653. The Kier molecular flexibility index (Phi) is 3.19. The highest BCUT2D eigenvalue weighted by atomic mass is 35.5. The van der Waals surface area contributed by atoms with E-state index in [1.54, 1.807) is 0 Å². The van der Waals surface area contributed by atoms with Gasteiger partial charge in [0.2, 0.25) is 0 Å². The summed E-state index contributed by atoms with van der Waals surface area (Å²) in [7, 11) is 0. The quantitative estimate of drug-likeness (QED) is 0.778. The summed E-state index contributed by atoms with van der Waals surface area (Å²) < 4.78 is 1.92. The van der Waals surface area contributed by atoms with Crippen molar-refractivity contribution in [3.63, 3.8) is 0 Å². The van der Waals surface area contributed by atoms with Crippen LogP contribution in [0.2, 0.25) is 0 Å². The highest BCUT2D eigenvalue weighted by Crippen LogP contribution is 2.37. The Labute approximate surface area is 117 Å². The van der Waals surface area contributed by atoms with Gasteiger partial charge in [-0.1, -0.05) is 35.9 Å². The van der Waals surface area contributed by atoms with Gasteiger partial charge in [-0.3, -0.25) is 4.79 Å². The van der Waals surface area contributed by atoms with E-state index in [9.17, 15) is 4.79 Å². The molecule has 0 amide bonds. The van der Waals surface area contributed by atoms with Gasteiger partial charge < -0.3 is 4.57 Å². The van der Waals surface area contributed by atoms with Gasteiger partial charge in [0.15, 0.2) is 0 Å². The van der Waals surface area contributed by atoms with Gasteiger partial charge in [0.25, 0.3) is 5.56 Å². The Morgan fingerprint density at radius 2 is 1.84 bits per heavy atom. The van der Waals surface area contributed by atoms with Crippen LogP contribution in [0.3, 0.4) is 0 Å². The molecule has 1 fully saturated rings. The molecule has 1 aliphatic rings. The van der Waals surface area contributed by atoms with Gasteiger partial charge in [-0.15, -0.1) is 11.6 Å². The first-order chi connectivity index (χ1) is 9.20. The zero-order valence-corrected chi connectivity index (χ0v) is 11.7. The molecular weight excluding hydrogens is 258 g/mol. The molecule has 0 aliphatic heterocycles. The standard InChI is InChI=1S/C16H16ClNO/c1-11-2-4-12(5-3-11)15-9-6-13(10-17)16(19)18(15)14-7-8-14/h2-6,9,14H,7-8,10H2,1H3. The largest absolute Gasteiger partial charge is 0.305 e. The summed E-state index contributed by atoms with van der Waals surface area (Å²) in [6.45, 7) is 2.06. The molecule has 3 rings (SSSR count). The minimum Gasteiger partial charge on any atom is -0.305 e. The first-order valence-electron chi connectivity index (χ1n) is 6.58. The minimum atomic E-state index is 0.0653. The summed E-state index contributed by atoms with van der Waals surface area (Å²) in [5, 5.41) is 0. The van der Waals surface area contributed by atoms with Crippen LogP contribution in [0.4, 0.5) is 0 Å². The highest BCUT2D eigenvalue weighted by molar-refractivity contribution is 6.17. The molecule has 2 aromatic rings. The molecule has 1 aliphatic carbocycles. The summed E-state index contributed by atoms with van der Waals surface area (Å²) in [6, 6.07) is 12.5. The van der Waals surface area contributed by atoms with Gasteiger partial charge in [0.1, 0.15) is 0 Å². The molecule has 0 unspecified atom stereocenters. The lowest BCUT2D eigenvalue weighted by Gasteiger charge is -2.13. The van der Waals surface area contributed by atoms with E-state index in [-0.39, 0.29) is 11.4 Å². The molecule has 0 radical (unpaired) electrons. The van der Waals surface area contributed by atoms with Crippen molar-refractivity contribution in [1.29, 1.82) is 0 Å². The van der Waals surface area contributed by atoms with Crippen LogP contribution in [0.15, 0.2) is 41.2 Å². The molecule has 1 aromatic heterocycles. The Hall–Kier alpha value is -1.54. The smallest absolute Gasteiger partial charge is 0.255 e. The Morgan fingerprint density at radius 3 is 2.42 bits per heavy atom. The molecule has 0 bridgehead atoms. The van der Waals surface area contributed by atoms with Crippen molar-refractivity contribution in [3.05, 3.63) is 57.9 Å². The summed E-state index contributed by atoms with van der Waals surface area (Å²) >= 11 is 5.84. The normalized spacial score (nSPS) is 14.6. The second kappa shape index (κ2) is 4.86. The van der Waals surface area contributed by atoms with Gasteiger partial charge in [-0.2, -0.15) is 0 Å². The lowest BCUT2D eigenvalue weighted by molar-refractivity contribution is 0.709. The molecule has 0 saturated heterocycles. The van der Waals surface area contributed by atoms with E-state index >= 15 is 0 Å². The van der Waals surface area contributed by atoms with E-state index in [2.05, 4.69) is 31.2 Å². The molecular formula is C16H16ClNO. The van der Waals surface area contributed by atoms with Gasteiger partial charge in [0, 0.05) is 11.6 Å². The third-order valence-corrected chi connectivity index (χ3v) is 3.89. The fraction of sp³-hybridized carbons (Fsp3) is 0.312. The highest BCUT2D eigenvalue weighted by Gasteiger charge is 2.27. The molecule has 1 saturated carbocycles. The average Bonchev–Trinajstić information content (AvgIpc) is 3.23. The number of aryl methyl sites for hydroxylation is 1. The molecule has 2 nitrogen and oxygen atoms in total. The Balaban J connectivity index is 2.18. The van der Waals surface area contributed by atoms with Gasteiger partial charge >= 0.3 is 0 Å². The van der Waals surface area contributed by atoms with E-state index in [0.29, 0.717) is 11.6 Å². The van der Waals surface area contributed by atoms with E-state index < -0.39 is 0 Å².